The topological polar surface area (TPSA) is 97.4 Å². The van der Waals surface area contributed by atoms with E-state index in [4.69, 9.17) is 10.5 Å². The molecule has 0 bridgehead atoms. The maximum atomic E-state index is 8.90. The molecule has 0 spiro atoms. The minimum atomic E-state index is 0.467. The molecule has 1 heterocycles. The maximum absolute atomic E-state index is 8.90. The fraction of sp³-hybridized carbons (Fsp3) is 0.167. The molecule has 0 saturated carbocycles. The van der Waals surface area contributed by atoms with Crippen molar-refractivity contribution in [2.75, 3.05) is 10.6 Å². The summed E-state index contributed by atoms with van der Waals surface area (Å²) in [4.78, 5) is 8.81. The van der Waals surface area contributed by atoms with Gasteiger partial charge in [-0.25, -0.2) is 4.98 Å². The van der Waals surface area contributed by atoms with Crippen LogP contribution < -0.4 is 10.6 Å². The van der Waals surface area contributed by atoms with Crippen molar-refractivity contribution in [2.45, 2.75) is 27.2 Å². The summed E-state index contributed by atoms with van der Waals surface area (Å²) >= 11 is 0. The van der Waals surface area contributed by atoms with Crippen molar-refractivity contribution in [3.8, 4) is 12.1 Å². The number of anilines is 4. The number of aromatic nitrogens is 2. The second-order valence-corrected chi connectivity index (χ2v) is 7.11. The average Bonchev–Trinajstić information content (AvgIpc) is 2.72. The van der Waals surface area contributed by atoms with Crippen LogP contribution in [0.4, 0.5) is 23.1 Å². The van der Waals surface area contributed by atoms with Crippen LogP contribution in [0.15, 0.2) is 60.3 Å². The van der Waals surface area contributed by atoms with E-state index in [1.165, 1.54) is 5.56 Å². The Morgan fingerprint density at radius 1 is 1.03 bits per heavy atom. The predicted octanol–water partition coefficient (Wildman–Crippen LogP) is 5.46. The van der Waals surface area contributed by atoms with Crippen LogP contribution >= 0.6 is 0 Å². The van der Waals surface area contributed by atoms with E-state index in [1.807, 2.05) is 25.1 Å². The number of benzene rings is 2. The SMILES string of the molecule is C/C(=C/C#N)Cc1cc(C)c(Nc2ccnc(Nc3ccc(C#N)cc3)n2)c(C)c1. The first kappa shape index (κ1) is 20.6. The van der Waals surface area contributed by atoms with E-state index >= 15 is 0 Å². The van der Waals surface area contributed by atoms with Gasteiger partial charge >= 0.3 is 0 Å². The van der Waals surface area contributed by atoms with E-state index in [0.29, 0.717) is 17.3 Å². The molecule has 1 aromatic heterocycles. The molecule has 30 heavy (non-hydrogen) atoms. The van der Waals surface area contributed by atoms with Gasteiger partial charge in [0, 0.05) is 23.6 Å². The van der Waals surface area contributed by atoms with Crippen molar-refractivity contribution < 1.29 is 0 Å². The van der Waals surface area contributed by atoms with Gasteiger partial charge in [-0.05, 0) is 74.2 Å². The summed E-state index contributed by atoms with van der Waals surface area (Å²) in [7, 11) is 0. The lowest BCUT2D eigenvalue weighted by atomic mass is 9.99. The van der Waals surface area contributed by atoms with E-state index in [9.17, 15) is 0 Å². The molecule has 0 saturated heterocycles. The van der Waals surface area contributed by atoms with Crippen LogP contribution in [0.5, 0.6) is 0 Å². The largest absolute Gasteiger partial charge is 0.340 e. The third-order valence-electron chi connectivity index (χ3n) is 4.57. The molecule has 6 nitrogen and oxygen atoms in total. The first-order valence-electron chi connectivity index (χ1n) is 9.51. The van der Waals surface area contributed by atoms with Crippen LogP contribution in [-0.2, 0) is 6.42 Å². The second kappa shape index (κ2) is 9.36. The van der Waals surface area contributed by atoms with Gasteiger partial charge < -0.3 is 10.6 Å². The second-order valence-electron chi connectivity index (χ2n) is 7.11. The van der Waals surface area contributed by atoms with Crippen molar-refractivity contribution in [3.05, 3.63) is 82.6 Å². The molecular formula is C24H22N6. The van der Waals surface area contributed by atoms with Crippen molar-refractivity contribution in [1.29, 1.82) is 10.5 Å². The van der Waals surface area contributed by atoms with E-state index in [2.05, 4.69) is 58.7 Å². The van der Waals surface area contributed by atoms with Gasteiger partial charge in [0.1, 0.15) is 5.82 Å². The third-order valence-corrected chi connectivity index (χ3v) is 4.57. The molecular weight excluding hydrogens is 372 g/mol. The highest BCUT2D eigenvalue weighted by atomic mass is 15.1. The first-order chi connectivity index (χ1) is 14.5. The predicted molar refractivity (Wildman–Crippen MR) is 119 cm³/mol. The lowest BCUT2D eigenvalue weighted by Gasteiger charge is -2.15. The highest BCUT2D eigenvalue weighted by molar-refractivity contribution is 5.66. The Balaban J connectivity index is 1.78. The molecule has 0 unspecified atom stereocenters. The fourth-order valence-electron chi connectivity index (χ4n) is 3.21. The lowest BCUT2D eigenvalue weighted by molar-refractivity contribution is 1.12. The Morgan fingerprint density at radius 3 is 2.37 bits per heavy atom. The number of aryl methyl sites for hydroxylation is 2. The zero-order valence-electron chi connectivity index (χ0n) is 17.2. The Morgan fingerprint density at radius 2 is 1.73 bits per heavy atom. The van der Waals surface area contributed by atoms with Gasteiger partial charge in [0.2, 0.25) is 5.95 Å². The molecule has 3 aromatic rings. The van der Waals surface area contributed by atoms with Gasteiger partial charge in [-0.3, -0.25) is 0 Å². The molecule has 0 aliphatic heterocycles. The van der Waals surface area contributed by atoms with Gasteiger partial charge in [0.05, 0.1) is 17.7 Å². The number of nitrogens with zero attached hydrogens (tertiary/aromatic N) is 4. The van der Waals surface area contributed by atoms with Crippen LogP contribution in [0.2, 0.25) is 0 Å². The van der Waals surface area contributed by atoms with Crippen LogP contribution in [0.1, 0.15) is 29.2 Å². The molecule has 0 aliphatic rings. The zero-order chi connectivity index (χ0) is 21.5. The normalized spacial score (nSPS) is 10.8. The van der Waals surface area contributed by atoms with Gasteiger partial charge in [0.15, 0.2) is 0 Å². The third kappa shape index (κ3) is 5.21. The lowest BCUT2D eigenvalue weighted by Crippen LogP contribution is -2.03. The smallest absolute Gasteiger partial charge is 0.229 e. The Kier molecular flexibility index (Phi) is 6.42. The molecule has 148 valence electrons. The zero-order valence-corrected chi connectivity index (χ0v) is 17.2. The number of rotatable bonds is 6. The summed E-state index contributed by atoms with van der Waals surface area (Å²) < 4.78 is 0. The van der Waals surface area contributed by atoms with Gasteiger partial charge in [-0.1, -0.05) is 17.7 Å². The summed E-state index contributed by atoms with van der Waals surface area (Å²) in [6, 6.07) is 17.4. The van der Waals surface area contributed by atoms with Gasteiger partial charge in [-0.15, -0.1) is 0 Å². The molecule has 0 amide bonds. The summed E-state index contributed by atoms with van der Waals surface area (Å²) in [6.07, 6.45) is 4.03. The number of nitriles is 2. The summed E-state index contributed by atoms with van der Waals surface area (Å²) in [5, 5.41) is 24.2. The molecule has 0 atom stereocenters. The van der Waals surface area contributed by atoms with Crippen LogP contribution in [0.25, 0.3) is 0 Å². The molecule has 2 aromatic carbocycles. The molecule has 3 rings (SSSR count). The van der Waals surface area contributed by atoms with Crippen LogP contribution in [-0.4, -0.2) is 9.97 Å². The van der Waals surface area contributed by atoms with E-state index in [-0.39, 0.29) is 0 Å². The van der Waals surface area contributed by atoms with Crippen molar-refractivity contribution in [1.82, 2.24) is 9.97 Å². The standard InChI is InChI=1S/C24H22N6/c1-16(8-10-25)12-20-13-17(2)23(18(3)14-20)29-22-9-11-27-24(30-22)28-21-6-4-19(15-26)5-7-21/h4-9,11,13-14H,12H2,1-3H3,(H2,27,28,29,30)/b16-8-. The average molecular weight is 394 g/mol. The quantitative estimate of drug-likeness (QED) is 0.538. The van der Waals surface area contributed by atoms with E-state index in [1.54, 1.807) is 24.4 Å². The van der Waals surface area contributed by atoms with Crippen LogP contribution in [0.3, 0.4) is 0 Å². The van der Waals surface area contributed by atoms with E-state index < -0.39 is 0 Å². The van der Waals surface area contributed by atoms with Gasteiger partial charge in [-0.2, -0.15) is 15.5 Å². The van der Waals surface area contributed by atoms with Crippen molar-refractivity contribution in [2.24, 2.45) is 0 Å². The molecule has 0 aliphatic carbocycles. The highest BCUT2D eigenvalue weighted by Crippen LogP contribution is 2.27. The van der Waals surface area contributed by atoms with Gasteiger partial charge in [0.25, 0.3) is 0 Å². The number of hydrogen-bond acceptors (Lipinski definition) is 6. The molecule has 2 N–H and O–H groups in total. The van der Waals surface area contributed by atoms with E-state index in [0.717, 1.165) is 34.5 Å². The number of nitrogens with one attached hydrogen (secondary N) is 2. The number of hydrogen-bond donors (Lipinski definition) is 2. The first-order valence-corrected chi connectivity index (χ1v) is 9.51. The monoisotopic (exact) mass is 394 g/mol. The summed E-state index contributed by atoms with van der Waals surface area (Å²) in [5.41, 5.74) is 6.83. The van der Waals surface area contributed by atoms with Crippen molar-refractivity contribution in [3.63, 3.8) is 0 Å². The summed E-state index contributed by atoms with van der Waals surface area (Å²) in [5.74, 6) is 1.15. The Labute approximate surface area is 176 Å². The maximum Gasteiger partial charge on any atom is 0.229 e. The minimum Gasteiger partial charge on any atom is -0.340 e. The van der Waals surface area contributed by atoms with Crippen molar-refractivity contribution >= 4 is 23.1 Å². The summed E-state index contributed by atoms with van der Waals surface area (Å²) in [6.45, 7) is 6.07. The Bertz CT molecular complexity index is 1140. The molecule has 0 radical (unpaired) electrons. The highest BCUT2D eigenvalue weighted by Gasteiger charge is 2.08. The molecule has 0 fully saturated rings. The molecule has 6 heteroatoms. The fourth-order valence-corrected chi connectivity index (χ4v) is 3.21. The minimum absolute atomic E-state index is 0.467. The van der Waals surface area contributed by atoms with Crippen LogP contribution in [0, 0.1) is 36.5 Å². The number of allylic oxidation sites excluding steroid dienone is 2. The Hall–Kier alpha value is -4.16.